The summed E-state index contributed by atoms with van der Waals surface area (Å²) >= 11 is 3.57. The quantitative estimate of drug-likeness (QED) is 0.764. The zero-order chi connectivity index (χ0) is 16.7. The van der Waals surface area contributed by atoms with Crippen molar-refractivity contribution in [2.45, 2.75) is 19.2 Å². The highest BCUT2D eigenvalue weighted by molar-refractivity contribution is 9.10. The number of likely N-dealkylation sites (N-methyl/N-ethyl adjacent to an activating group) is 2. The van der Waals surface area contributed by atoms with Crippen molar-refractivity contribution in [1.29, 1.82) is 0 Å². The molecule has 124 valence electrons. The van der Waals surface area contributed by atoms with Gasteiger partial charge in [0.2, 0.25) is 0 Å². The molecule has 2 aromatic rings. The summed E-state index contributed by atoms with van der Waals surface area (Å²) in [6, 6.07) is 18.6. The molecule has 0 aromatic heterocycles. The van der Waals surface area contributed by atoms with Crippen LogP contribution in [0.4, 0.5) is 0 Å². The Morgan fingerprint density at radius 1 is 0.870 bits per heavy atom. The largest absolute Gasteiger partial charge is 0.390 e. The van der Waals surface area contributed by atoms with Crippen molar-refractivity contribution in [3.05, 3.63) is 70.2 Å². The number of rotatable bonds is 8. The first-order valence-corrected chi connectivity index (χ1v) is 8.66. The lowest BCUT2D eigenvalue weighted by Crippen LogP contribution is -2.37. The highest BCUT2D eigenvalue weighted by Gasteiger charge is 2.12. The number of nitrogens with zero attached hydrogens (tertiary/aromatic N) is 2. The molecule has 0 radical (unpaired) electrons. The standard InChI is InChI=1S/C19H25BrN2O/c1-21(12-16-8-4-3-5-9-16)14-18(23)15-22(2)13-17-10-6-7-11-19(17)20/h3-11,18,23H,12-15H2,1-2H3. The topological polar surface area (TPSA) is 26.7 Å². The van der Waals surface area contributed by atoms with Crippen molar-refractivity contribution in [3.8, 4) is 0 Å². The third-order valence-corrected chi connectivity index (χ3v) is 4.51. The molecule has 0 amide bonds. The molecule has 1 unspecified atom stereocenters. The second-order valence-electron chi connectivity index (χ2n) is 6.12. The molecular weight excluding hydrogens is 352 g/mol. The fraction of sp³-hybridized carbons (Fsp3) is 0.368. The first kappa shape index (κ1) is 18.1. The molecular formula is C19H25BrN2O. The Hall–Kier alpha value is -1.20. The number of aliphatic hydroxyl groups is 1. The number of benzene rings is 2. The number of hydrogen-bond acceptors (Lipinski definition) is 3. The molecule has 3 nitrogen and oxygen atoms in total. The molecule has 0 bridgehead atoms. The minimum atomic E-state index is -0.365. The van der Waals surface area contributed by atoms with Crippen molar-refractivity contribution >= 4 is 15.9 Å². The molecule has 0 aliphatic heterocycles. The normalized spacial score (nSPS) is 12.8. The third-order valence-electron chi connectivity index (χ3n) is 3.74. The van der Waals surface area contributed by atoms with Gasteiger partial charge in [0.25, 0.3) is 0 Å². The maximum Gasteiger partial charge on any atom is 0.0793 e. The smallest absolute Gasteiger partial charge is 0.0793 e. The van der Waals surface area contributed by atoms with Crippen molar-refractivity contribution in [3.63, 3.8) is 0 Å². The molecule has 4 heteroatoms. The van der Waals surface area contributed by atoms with E-state index in [2.05, 4.69) is 43.9 Å². The monoisotopic (exact) mass is 376 g/mol. The fourth-order valence-corrected chi connectivity index (χ4v) is 3.13. The summed E-state index contributed by atoms with van der Waals surface area (Å²) in [5.41, 5.74) is 2.50. The third kappa shape index (κ3) is 6.43. The van der Waals surface area contributed by atoms with Crippen LogP contribution in [0.3, 0.4) is 0 Å². The SMILES string of the molecule is CN(Cc1ccccc1)CC(O)CN(C)Cc1ccccc1Br. The van der Waals surface area contributed by atoms with E-state index in [0.29, 0.717) is 13.1 Å². The van der Waals surface area contributed by atoms with Gasteiger partial charge >= 0.3 is 0 Å². The van der Waals surface area contributed by atoms with Crippen LogP contribution in [-0.4, -0.2) is 48.2 Å². The Morgan fingerprint density at radius 2 is 1.43 bits per heavy atom. The summed E-state index contributed by atoms with van der Waals surface area (Å²) in [6.45, 7) is 2.99. The molecule has 0 heterocycles. The number of aliphatic hydroxyl groups excluding tert-OH is 1. The van der Waals surface area contributed by atoms with Crippen molar-refractivity contribution in [2.24, 2.45) is 0 Å². The average Bonchev–Trinajstić information content (AvgIpc) is 2.50. The Bertz CT molecular complexity index is 591. The molecule has 1 N–H and O–H groups in total. The zero-order valence-corrected chi connectivity index (χ0v) is 15.4. The summed E-state index contributed by atoms with van der Waals surface area (Å²) in [4.78, 5) is 4.31. The average molecular weight is 377 g/mol. The van der Waals surface area contributed by atoms with Gasteiger partial charge in [-0.25, -0.2) is 0 Å². The molecule has 0 aliphatic rings. The summed E-state index contributed by atoms with van der Waals surface area (Å²) < 4.78 is 1.11. The Balaban J connectivity index is 1.77. The summed E-state index contributed by atoms with van der Waals surface area (Å²) in [7, 11) is 4.09. The molecule has 23 heavy (non-hydrogen) atoms. The van der Waals surface area contributed by atoms with Crippen LogP contribution < -0.4 is 0 Å². The van der Waals surface area contributed by atoms with Crippen LogP contribution in [0, 0.1) is 0 Å². The van der Waals surface area contributed by atoms with E-state index in [1.807, 2.05) is 50.5 Å². The highest BCUT2D eigenvalue weighted by atomic mass is 79.9. The van der Waals surface area contributed by atoms with Gasteiger partial charge in [0.1, 0.15) is 0 Å². The maximum absolute atomic E-state index is 10.3. The summed E-state index contributed by atoms with van der Waals surface area (Å²) in [6.07, 6.45) is -0.365. The predicted molar refractivity (Wildman–Crippen MR) is 99.3 cm³/mol. The van der Waals surface area contributed by atoms with Gasteiger partial charge in [0, 0.05) is 30.7 Å². The minimum absolute atomic E-state index is 0.365. The van der Waals surface area contributed by atoms with E-state index in [1.165, 1.54) is 11.1 Å². The second-order valence-corrected chi connectivity index (χ2v) is 6.98. The predicted octanol–water partition coefficient (Wildman–Crippen LogP) is 3.37. The van der Waals surface area contributed by atoms with Crippen molar-refractivity contribution in [2.75, 3.05) is 27.2 Å². The van der Waals surface area contributed by atoms with Gasteiger partial charge in [0.15, 0.2) is 0 Å². The molecule has 0 saturated heterocycles. The Kier molecular flexibility index (Phi) is 7.24. The van der Waals surface area contributed by atoms with Crippen LogP contribution in [-0.2, 0) is 13.1 Å². The fourth-order valence-electron chi connectivity index (χ4n) is 2.72. The van der Waals surface area contributed by atoms with E-state index in [1.54, 1.807) is 0 Å². The van der Waals surface area contributed by atoms with Crippen LogP contribution in [0.1, 0.15) is 11.1 Å². The van der Waals surface area contributed by atoms with Crippen molar-refractivity contribution < 1.29 is 5.11 Å². The van der Waals surface area contributed by atoms with Gasteiger partial charge in [-0.1, -0.05) is 64.5 Å². The van der Waals surface area contributed by atoms with E-state index in [9.17, 15) is 5.11 Å². The molecule has 0 aliphatic carbocycles. The van der Waals surface area contributed by atoms with Crippen LogP contribution in [0.2, 0.25) is 0 Å². The van der Waals surface area contributed by atoms with Gasteiger partial charge < -0.3 is 5.11 Å². The first-order chi connectivity index (χ1) is 11.0. The Labute approximate surface area is 147 Å². The summed E-state index contributed by atoms with van der Waals surface area (Å²) in [5, 5.41) is 10.3. The van der Waals surface area contributed by atoms with Crippen LogP contribution in [0.5, 0.6) is 0 Å². The van der Waals surface area contributed by atoms with E-state index in [4.69, 9.17) is 0 Å². The minimum Gasteiger partial charge on any atom is -0.390 e. The van der Waals surface area contributed by atoms with Gasteiger partial charge in [-0.05, 0) is 31.3 Å². The van der Waals surface area contributed by atoms with Crippen molar-refractivity contribution in [1.82, 2.24) is 9.80 Å². The van der Waals surface area contributed by atoms with Crippen LogP contribution in [0.15, 0.2) is 59.1 Å². The Morgan fingerprint density at radius 3 is 2.09 bits per heavy atom. The molecule has 0 saturated carbocycles. The molecule has 0 spiro atoms. The van der Waals surface area contributed by atoms with Gasteiger partial charge in [-0.2, -0.15) is 0 Å². The number of halogens is 1. The molecule has 2 aromatic carbocycles. The second kappa shape index (κ2) is 9.18. The number of hydrogen-bond donors (Lipinski definition) is 1. The molecule has 0 fully saturated rings. The van der Waals surface area contributed by atoms with Gasteiger partial charge in [0.05, 0.1) is 6.10 Å². The lowest BCUT2D eigenvalue weighted by Gasteiger charge is -2.25. The van der Waals surface area contributed by atoms with E-state index in [0.717, 1.165) is 17.6 Å². The lowest BCUT2D eigenvalue weighted by atomic mass is 10.2. The van der Waals surface area contributed by atoms with E-state index in [-0.39, 0.29) is 6.10 Å². The maximum atomic E-state index is 10.3. The molecule has 1 atom stereocenters. The summed E-state index contributed by atoms with van der Waals surface area (Å²) in [5.74, 6) is 0. The zero-order valence-electron chi connectivity index (χ0n) is 13.8. The van der Waals surface area contributed by atoms with E-state index < -0.39 is 0 Å². The van der Waals surface area contributed by atoms with Crippen LogP contribution >= 0.6 is 15.9 Å². The first-order valence-electron chi connectivity index (χ1n) is 7.87. The van der Waals surface area contributed by atoms with E-state index >= 15 is 0 Å². The molecule has 2 rings (SSSR count). The van der Waals surface area contributed by atoms with Gasteiger partial charge in [-0.15, -0.1) is 0 Å². The van der Waals surface area contributed by atoms with Crippen LogP contribution in [0.25, 0.3) is 0 Å². The lowest BCUT2D eigenvalue weighted by molar-refractivity contribution is 0.0867. The highest BCUT2D eigenvalue weighted by Crippen LogP contribution is 2.17. The van der Waals surface area contributed by atoms with Gasteiger partial charge in [-0.3, -0.25) is 9.80 Å².